The molecule has 3 rings (SSSR count). The van der Waals surface area contributed by atoms with E-state index in [1.807, 2.05) is 18.7 Å². The number of carbonyl (C=O) groups is 1. The van der Waals surface area contributed by atoms with Crippen molar-refractivity contribution < 1.29 is 18.8 Å². The van der Waals surface area contributed by atoms with Crippen LogP contribution in [0.4, 0.5) is 0 Å². The molecule has 1 aromatic heterocycles. The van der Waals surface area contributed by atoms with E-state index in [9.17, 15) is 4.79 Å². The van der Waals surface area contributed by atoms with Crippen LogP contribution in [0.1, 0.15) is 44.5 Å². The summed E-state index contributed by atoms with van der Waals surface area (Å²) in [6, 6.07) is 0. The fourth-order valence-corrected chi connectivity index (χ4v) is 3.40. The van der Waals surface area contributed by atoms with E-state index in [0.29, 0.717) is 44.5 Å². The summed E-state index contributed by atoms with van der Waals surface area (Å²) >= 11 is 0. The molecular formula is C17H31Cl2N5O4. The third-order valence-electron chi connectivity index (χ3n) is 4.95. The minimum Gasteiger partial charge on any atom is -0.371 e. The topological polar surface area (TPSA) is 107 Å². The Kier molecular flexibility index (Phi) is 10.6. The highest BCUT2D eigenvalue weighted by atomic mass is 35.5. The Morgan fingerprint density at radius 3 is 2.61 bits per heavy atom. The first kappa shape index (κ1) is 25.1. The number of halogens is 2. The number of piperazine rings is 1. The molecule has 11 heteroatoms. The van der Waals surface area contributed by atoms with Crippen LogP contribution >= 0.6 is 24.8 Å². The molecule has 162 valence electrons. The Labute approximate surface area is 178 Å². The molecule has 9 nitrogen and oxygen atoms in total. The molecule has 1 aromatic rings. The Hall–Kier alpha value is -0.970. The van der Waals surface area contributed by atoms with Gasteiger partial charge in [0.1, 0.15) is 12.2 Å². The number of carbonyl (C=O) groups excluding carboxylic acids is 1. The summed E-state index contributed by atoms with van der Waals surface area (Å²) in [7, 11) is 0. The third kappa shape index (κ3) is 6.27. The molecule has 0 radical (unpaired) electrons. The number of rotatable bonds is 7. The van der Waals surface area contributed by atoms with Crippen LogP contribution in [0.3, 0.4) is 0 Å². The minimum atomic E-state index is -0.325. The van der Waals surface area contributed by atoms with Crippen LogP contribution in [0.25, 0.3) is 0 Å². The van der Waals surface area contributed by atoms with Crippen molar-refractivity contribution in [2.24, 2.45) is 5.73 Å². The quantitative estimate of drug-likeness (QED) is 0.673. The highest BCUT2D eigenvalue weighted by Gasteiger charge is 2.34. The predicted molar refractivity (Wildman–Crippen MR) is 108 cm³/mol. The first-order valence-corrected chi connectivity index (χ1v) is 9.41. The van der Waals surface area contributed by atoms with Crippen molar-refractivity contribution in [1.29, 1.82) is 0 Å². The molecular weight excluding hydrogens is 409 g/mol. The Balaban J connectivity index is 0.00000196. The molecule has 1 unspecified atom stereocenters. The Bertz CT molecular complexity index is 598. The Morgan fingerprint density at radius 1 is 1.29 bits per heavy atom. The Morgan fingerprint density at radius 2 is 2.00 bits per heavy atom. The van der Waals surface area contributed by atoms with Gasteiger partial charge in [-0.15, -0.1) is 24.8 Å². The zero-order valence-corrected chi connectivity index (χ0v) is 18.0. The second-order valence-electron chi connectivity index (χ2n) is 6.81. The normalized spacial score (nSPS) is 23.8. The highest BCUT2D eigenvalue weighted by Crippen LogP contribution is 2.21. The molecule has 0 bridgehead atoms. The van der Waals surface area contributed by atoms with E-state index in [1.54, 1.807) is 0 Å². The molecule has 28 heavy (non-hydrogen) atoms. The minimum absolute atomic E-state index is 0. The zero-order chi connectivity index (χ0) is 18.5. The van der Waals surface area contributed by atoms with E-state index >= 15 is 0 Å². The van der Waals surface area contributed by atoms with Gasteiger partial charge in [0.05, 0.1) is 12.6 Å². The smallest absolute Gasteiger partial charge is 0.251 e. The van der Waals surface area contributed by atoms with Gasteiger partial charge < -0.3 is 24.6 Å². The van der Waals surface area contributed by atoms with Gasteiger partial charge in [-0.2, -0.15) is 4.98 Å². The molecule has 3 heterocycles. The molecule has 1 amide bonds. The summed E-state index contributed by atoms with van der Waals surface area (Å²) in [5.74, 6) is 1.24. The van der Waals surface area contributed by atoms with Crippen LogP contribution in [0, 0.1) is 0 Å². The molecule has 0 aromatic carbocycles. The first-order chi connectivity index (χ1) is 12.6. The summed E-state index contributed by atoms with van der Waals surface area (Å²) in [5.41, 5.74) is 5.62. The van der Waals surface area contributed by atoms with Crippen molar-refractivity contribution in [2.75, 3.05) is 39.3 Å². The molecule has 2 N–H and O–H groups in total. The monoisotopic (exact) mass is 439 g/mol. The molecule has 2 saturated heterocycles. The van der Waals surface area contributed by atoms with Gasteiger partial charge in [0, 0.05) is 39.3 Å². The van der Waals surface area contributed by atoms with Gasteiger partial charge in [0.15, 0.2) is 5.82 Å². The molecule has 0 aliphatic carbocycles. The average molecular weight is 440 g/mol. The van der Waals surface area contributed by atoms with E-state index in [-0.39, 0.29) is 49.0 Å². The molecule has 2 fully saturated rings. The number of hydrogen-bond acceptors (Lipinski definition) is 8. The molecule has 2 aliphatic rings. The van der Waals surface area contributed by atoms with Crippen LogP contribution in [0.15, 0.2) is 4.52 Å². The standard InChI is InChI=1S/C17H29N5O4.2ClH/c1-3-24-12(2)16-19-15(26-20-16)11-21-6-8-22(9-7-21)17(23)14-5-4-13(10-18)25-14;;/h12-14H,3-11,18H2,1-2H3;2*1H/t12?,13-,14+;;/m1../s1. The molecule has 3 atom stereocenters. The number of ether oxygens (including phenoxy) is 2. The SMILES string of the molecule is CCOC(C)c1noc(CN2CCN(C(=O)[C@@H]3CC[C@H](CN)O3)CC2)n1.Cl.Cl. The fraction of sp³-hybridized carbons (Fsp3) is 0.824. The van der Waals surface area contributed by atoms with Crippen LogP contribution < -0.4 is 5.73 Å². The van der Waals surface area contributed by atoms with E-state index in [2.05, 4.69) is 15.0 Å². The van der Waals surface area contributed by atoms with Crippen molar-refractivity contribution >= 4 is 30.7 Å². The number of amides is 1. The summed E-state index contributed by atoms with van der Waals surface area (Å²) < 4.78 is 16.5. The third-order valence-corrected chi connectivity index (χ3v) is 4.95. The molecule has 0 spiro atoms. The van der Waals surface area contributed by atoms with Crippen LogP contribution in [-0.2, 0) is 20.8 Å². The van der Waals surface area contributed by atoms with Gasteiger partial charge in [-0.25, -0.2) is 0 Å². The van der Waals surface area contributed by atoms with Gasteiger partial charge in [0.2, 0.25) is 5.89 Å². The number of hydrogen-bond donors (Lipinski definition) is 1. The van der Waals surface area contributed by atoms with E-state index in [4.69, 9.17) is 19.7 Å². The second kappa shape index (κ2) is 11.9. The van der Waals surface area contributed by atoms with Gasteiger partial charge in [-0.3, -0.25) is 9.69 Å². The average Bonchev–Trinajstić information content (AvgIpc) is 3.31. The van der Waals surface area contributed by atoms with Crippen molar-refractivity contribution in [2.45, 2.75) is 51.5 Å². The van der Waals surface area contributed by atoms with Crippen molar-refractivity contribution in [3.05, 3.63) is 11.7 Å². The van der Waals surface area contributed by atoms with Crippen molar-refractivity contribution in [3.8, 4) is 0 Å². The first-order valence-electron chi connectivity index (χ1n) is 9.41. The lowest BCUT2D eigenvalue weighted by Crippen LogP contribution is -2.51. The van der Waals surface area contributed by atoms with Crippen molar-refractivity contribution in [3.63, 3.8) is 0 Å². The fourth-order valence-electron chi connectivity index (χ4n) is 3.40. The van der Waals surface area contributed by atoms with E-state index in [1.165, 1.54) is 0 Å². The number of nitrogens with zero attached hydrogens (tertiary/aromatic N) is 4. The van der Waals surface area contributed by atoms with E-state index in [0.717, 1.165) is 25.9 Å². The van der Waals surface area contributed by atoms with Gasteiger partial charge in [-0.05, 0) is 26.7 Å². The summed E-state index contributed by atoms with van der Waals surface area (Å²) in [6.07, 6.45) is 1.16. The maximum Gasteiger partial charge on any atom is 0.251 e. The summed E-state index contributed by atoms with van der Waals surface area (Å²) in [6.45, 7) is 8.43. The number of nitrogens with two attached hydrogens (primary N) is 1. The lowest BCUT2D eigenvalue weighted by molar-refractivity contribution is -0.144. The summed E-state index contributed by atoms with van der Waals surface area (Å²) in [5, 5.41) is 3.98. The second-order valence-corrected chi connectivity index (χ2v) is 6.81. The van der Waals surface area contributed by atoms with Crippen LogP contribution in [0.5, 0.6) is 0 Å². The lowest BCUT2D eigenvalue weighted by atomic mass is 10.1. The molecule has 0 saturated carbocycles. The van der Waals surface area contributed by atoms with Gasteiger partial charge in [0.25, 0.3) is 5.91 Å². The predicted octanol–water partition coefficient (Wildman–Crippen LogP) is 1.16. The molecule has 2 aliphatic heterocycles. The largest absolute Gasteiger partial charge is 0.371 e. The van der Waals surface area contributed by atoms with Crippen LogP contribution in [0.2, 0.25) is 0 Å². The van der Waals surface area contributed by atoms with Gasteiger partial charge in [-0.1, -0.05) is 5.16 Å². The summed E-state index contributed by atoms with van der Waals surface area (Å²) in [4.78, 5) is 21.1. The maximum atomic E-state index is 12.6. The maximum absolute atomic E-state index is 12.6. The number of aromatic nitrogens is 2. The lowest BCUT2D eigenvalue weighted by Gasteiger charge is -2.35. The van der Waals surface area contributed by atoms with E-state index < -0.39 is 0 Å². The van der Waals surface area contributed by atoms with Crippen LogP contribution in [-0.4, -0.2) is 77.4 Å². The van der Waals surface area contributed by atoms with Gasteiger partial charge >= 0.3 is 0 Å². The highest BCUT2D eigenvalue weighted by molar-refractivity contribution is 5.85. The zero-order valence-electron chi connectivity index (χ0n) is 16.4. The van der Waals surface area contributed by atoms with Crippen molar-refractivity contribution in [1.82, 2.24) is 19.9 Å².